The molecule has 116 valence electrons. The van der Waals surface area contributed by atoms with E-state index in [1.807, 2.05) is 0 Å². The van der Waals surface area contributed by atoms with Crippen molar-refractivity contribution in [2.45, 2.75) is 50.6 Å². The second kappa shape index (κ2) is 10.6. The van der Waals surface area contributed by atoms with E-state index in [1.54, 1.807) is 0 Å². The third-order valence-electron chi connectivity index (χ3n) is 4.21. The Labute approximate surface area is 132 Å². The summed E-state index contributed by atoms with van der Waals surface area (Å²) in [5.74, 6) is 0. The molecule has 0 radical (unpaired) electrons. The highest BCUT2D eigenvalue weighted by Crippen LogP contribution is 2.18. The van der Waals surface area contributed by atoms with Gasteiger partial charge in [-0.2, -0.15) is 21.0 Å². The van der Waals surface area contributed by atoms with Gasteiger partial charge in [-0.25, -0.2) is 0 Å². The van der Waals surface area contributed by atoms with Crippen LogP contribution >= 0.6 is 0 Å². The highest BCUT2D eigenvalue weighted by atomic mass is 15.3. The van der Waals surface area contributed by atoms with E-state index in [9.17, 15) is 0 Å². The molecule has 0 N–H and O–H groups in total. The summed E-state index contributed by atoms with van der Waals surface area (Å²) < 4.78 is 0. The van der Waals surface area contributed by atoms with Crippen LogP contribution in [0, 0.1) is 45.3 Å². The fraction of sp³-hybridized carbons (Fsp3) is 0.750. The van der Waals surface area contributed by atoms with Gasteiger partial charge in [0, 0.05) is 51.1 Å². The van der Waals surface area contributed by atoms with Crippen molar-refractivity contribution in [3.63, 3.8) is 0 Å². The third-order valence-corrected chi connectivity index (χ3v) is 4.21. The van der Waals surface area contributed by atoms with Crippen molar-refractivity contribution < 1.29 is 0 Å². The first-order valence-electron chi connectivity index (χ1n) is 7.72. The van der Waals surface area contributed by atoms with Crippen molar-refractivity contribution in [1.82, 2.24) is 9.80 Å². The highest BCUT2D eigenvalue weighted by Gasteiger charge is 2.27. The van der Waals surface area contributed by atoms with Gasteiger partial charge >= 0.3 is 0 Å². The first kappa shape index (κ1) is 17.9. The first-order chi connectivity index (χ1) is 10.8. The molecule has 1 rings (SSSR count). The Morgan fingerprint density at radius 2 is 1.00 bits per heavy atom. The van der Waals surface area contributed by atoms with E-state index in [1.165, 1.54) is 0 Å². The van der Waals surface area contributed by atoms with E-state index in [-0.39, 0.29) is 12.1 Å². The van der Waals surface area contributed by atoms with Crippen molar-refractivity contribution in [2.75, 3.05) is 26.2 Å². The van der Waals surface area contributed by atoms with E-state index in [0.29, 0.717) is 25.7 Å². The van der Waals surface area contributed by atoms with Crippen LogP contribution in [0.4, 0.5) is 0 Å². The average molecular weight is 298 g/mol. The highest BCUT2D eigenvalue weighted by molar-refractivity contribution is 4.91. The van der Waals surface area contributed by atoms with Crippen molar-refractivity contribution in [3.8, 4) is 24.3 Å². The molecule has 0 aromatic carbocycles. The molecule has 0 spiro atoms. The zero-order valence-corrected chi connectivity index (χ0v) is 12.9. The van der Waals surface area contributed by atoms with Gasteiger partial charge < -0.3 is 0 Å². The monoisotopic (exact) mass is 298 g/mol. The lowest BCUT2D eigenvalue weighted by Gasteiger charge is -2.41. The number of nitriles is 4. The molecule has 1 saturated heterocycles. The standard InChI is InChI=1S/C16H22N6/c17-7-1-3-15(5-9-19)21-11-13-22(14-12-21)16(6-10-20)4-2-8-18/h15-16H,1-6,11-14H2/t15-,16+. The molecule has 2 atom stereocenters. The SMILES string of the molecule is N#CCC[C@@H](CC#N)N1CCN([C@@H](CC#N)CCC#N)CC1. The van der Waals surface area contributed by atoms with Crippen molar-refractivity contribution in [3.05, 3.63) is 0 Å². The van der Waals surface area contributed by atoms with E-state index >= 15 is 0 Å². The molecule has 0 aliphatic carbocycles. The molecule has 0 bridgehead atoms. The fourth-order valence-corrected chi connectivity index (χ4v) is 2.97. The maximum atomic E-state index is 8.94. The zero-order chi connectivity index (χ0) is 16.2. The zero-order valence-electron chi connectivity index (χ0n) is 12.9. The molecule has 0 aromatic rings. The maximum absolute atomic E-state index is 8.94. The second-order valence-corrected chi connectivity index (χ2v) is 5.50. The molecule has 6 heteroatoms. The summed E-state index contributed by atoms with van der Waals surface area (Å²) in [5, 5.41) is 35.3. The Hall–Kier alpha value is -2.12. The number of rotatable bonds is 8. The van der Waals surface area contributed by atoms with Gasteiger partial charge in [-0.05, 0) is 12.8 Å². The molecule has 1 heterocycles. The summed E-state index contributed by atoms with van der Waals surface area (Å²) in [4.78, 5) is 4.57. The van der Waals surface area contributed by atoms with Crippen LogP contribution in [0.15, 0.2) is 0 Å². The molecule has 0 aromatic heterocycles. The predicted molar refractivity (Wildman–Crippen MR) is 80.9 cm³/mol. The van der Waals surface area contributed by atoms with Crippen molar-refractivity contribution >= 4 is 0 Å². The summed E-state index contributed by atoms with van der Waals surface area (Å²) in [6, 6.07) is 9.03. The van der Waals surface area contributed by atoms with Crippen LogP contribution in [0.5, 0.6) is 0 Å². The first-order valence-corrected chi connectivity index (χ1v) is 7.72. The number of hydrogen-bond acceptors (Lipinski definition) is 6. The average Bonchev–Trinajstić information content (AvgIpc) is 2.55. The van der Waals surface area contributed by atoms with Crippen LogP contribution in [0.25, 0.3) is 0 Å². The minimum atomic E-state index is 0.153. The van der Waals surface area contributed by atoms with E-state index < -0.39 is 0 Å². The van der Waals surface area contributed by atoms with Crippen molar-refractivity contribution in [2.24, 2.45) is 0 Å². The summed E-state index contributed by atoms with van der Waals surface area (Å²) in [6.45, 7) is 3.41. The van der Waals surface area contributed by atoms with E-state index in [4.69, 9.17) is 21.0 Å². The van der Waals surface area contributed by atoms with Crippen LogP contribution in [-0.4, -0.2) is 48.1 Å². The van der Waals surface area contributed by atoms with Gasteiger partial charge in [0.1, 0.15) is 0 Å². The molecular formula is C16H22N6. The quantitative estimate of drug-likeness (QED) is 0.676. The lowest BCUT2D eigenvalue weighted by atomic mass is 10.0. The molecule has 1 aliphatic heterocycles. The van der Waals surface area contributed by atoms with Gasteiger partial charge in [-0.1, -0.05) is 0 Å². The Morgan fingerprint density at radius 1 is 0.636 bits per heavy atom. The molecule has 22 heavy (non-hydrogen) atoms. The fourth-order valence-electron chi connectivity index (χ4n) is 2.97. The minimum absolute atomic E-state index is 0.153. The van der Waals surface area contributed by atoms with Gasteiger partial charge in [-0.15, -0.1) is 0 Å². The van der Waals surface area contributed by atoms with Crippen molar-refractivity contribution in [1.29, 1.82) is 21.0 Å². The molecule has 0 saturated carbocycles. The van der Waals surface area contributed by atoms with Gasteiger partial charge in [0.15, 0.2) is 0 Å². The Bertz CT molecular complexity index is 435. The molecular weight excluding hydrogens is 276 g/mol. The van der Waals surface area contributed by atoms with Gasteiger partial charge in [-0.3, -0.25) is 9.80 Å². The van der Waals surface area contributed by atoms with E-state index in [2.05, 4.69) is 34.1 Å². The molecule has 0 unspecified atom stereocenters. The summed E-state index contributed by atoms with van der Waals surface area (Å²) in [6.07, 6.45) is 3.34. The second-order valence-electron chi connectivity index (χ2n) is 5.50. The summed E-state index contributed by atoms with van der Waals surface area (Å²) in [5.41, 5.74) is 0. The van der Waals surface area contributed by atoms with Gasteiger partial charge in [0.05, 0.1) is 37.1 Å². The van der Waals surface area contributed by atoms with Crippen LogP contribution in [0.1, 0.15) is 38.5 Å². The third kappa shape index (κ3) is 5.71. The molecule has 6 nitrogen and oxygen atoms in total. The van der Waals surface area contributed by atoms with E-state index in [0.717, 1.165) is 39.0 Å². The summed E-state index contributed by atoms with van der Waals surface area (Å²) in [7, 11) is 0. The molecule has 0 amide bonds. The number of hydrogen-bond donors (Lipinski definition) is 0. The smallest absolute Gasteiger partial charge is 0.0638 e. The summed E-state index contributed by atoms with van der Waals surface area (Å²) >= 11 is 0. The topological polar surface area (TPSA) is 102 Å². The predicted octanol–water partition coefficient (Wildman–Crippen LogP) is 1.78. The molecule has 1 fully saturated rings. The lowest BCUT2D eigenvalue weighted by molar-refractivity contribution is 0.0662. The van der Waals surface area contributed by atoms with Gasteiger partial charge in [0.2, 0.25) is 0 Å². The lowest BCUT2D eigenvalue weighted by Crippen LogP contribution is -2.53. The Morgan fingerprint density at radius 3 is 1.27 bits per heavy atom. The largest absolute Gasteiger partial charge is 0.297 e. The van der Waals surface area contributed by atoms with Crippen LogP contribution in [0.3, 0.4) is 0 Å². The van der Waals surface area contributed by atoms with Gasteiger partial charge in [0.25, 0.3) is 0 Å². The van der Waals surface area contributed by atoms with Crippen LogP contribution in [-0.2, 0) is 0 Å². The Kier molecular flexibility index (Phi) is 8.63. The maximum Gasteiger partial charge on any atom is 0.0638 e. The minimum Gasteiger partial charge on any atom is -0.297 e. The van der Waals surface area contributed by atoms with Crippen LogP contribution < -0.4 is 0 Å². The number of piperazine rings is 1. The Balaban J connectivity index is 2.53. The normalized spacial score (nSPS) is 18.4. The van der Waals surface area contributed by atoms with Crippen LogP contribution in [0.2, 0.25) is 0 Å². The number of nitrogens with zero attached hydrogens (tertiary/aromatic N) is 6. The molecule has 1 aliphatic rings.